The largest absolute Gasteiger partial charge is 0.396 e. The molecular weight excluding hydrogens is 288 g/mol. The fourth-order valence-electron chi connectivity index (χ4n) is 3.67. The summed E-state index contributed by atoms with van der Waals surface area (Å²) in [5.41, 5.74) is 2.05. The van der Waals surface area contributed by atoms with Crippen LogP contribution in [0.5, 0.6) is 0 Å². The minimum absolute atomic E-state index is 0.186. The number of carbonyl (C=O) groups is 1. The third-order valence-corrected chi connectivity index (χ3v) is 5.19. The summed E-state index contributed by atoms with van der Waals surface area (Å²) in [6.07, 6.45) is 5.65. The van der Waals surface area contributed by atoms with Crippen LogP contribution in [0.3, 0.4) is 0 Å². The number of piperidine rings is 2. The molecule has 0 radical (unpaired) electrons. The zero-order valence-electron chi connectivity index (χ0n) is 13.9. The van der Waals surface area contributed by atoms with Gasteiger partial charge in [-0.2, -0.15) is 0 Å². The maximum atomic E-state index is 12.6. The number of hydrogen-bond donors (Lipinski definition) is 1. The lowest BCUT2D eigenvalue weighted by Gasteiger charge is -2.31. The molecule has 0 saturated carbocycles. The van der Waals surface area contributed by atoms with Gasteiger partial charge in [0.25, 0.3) is 5.91 Å². The van der Waals surface area contributed by atoms with Crippen LogP contribution in [0, 0.1) is 5.92 Å². The van der Waals surface area contributed by atoms with Crippen molar-refractivity contribution in [3.05, 3.63) is 35.4 Å². The first-order valence-corrected chi connectivity index (χ1v) is 8.97. The summed E-state index contributed by atoms with van der Waals surface area (Å²) in [5.74, 6) is 0.656. The van der Waals surface area contributed by atoms with E-state index >= 15 is 0 Å². The topological polar surface area (TPSA) is 43.8 Å². The Morgan fingerprint density at radius 1 is 1.09 bits per heavy atom. The fourth-order valence-corrected chi connectivity index (χ4v) is 3.67. The molecule has 1 amide bonds. The van der Waals surface area contributed by atoms with Crippen molar-refractivity contribution in [3.63, 3.8) is 0 Å². The van der Waals surface area contributed by atoms with E-state index in [0.717, 1.165) is 64.0 Å². The van der Waals surface area contributed by atoms with Gasteiger partial charge in [-0.1, -0.05) is 12.1 Å². The van der Waals surface area contributed by atoms with Gasteiger partial charge in [0, 0.05) is 31.8 Å². The molecule has 0 unspecified atom stereocenters. The molecule has 2 aliphatic heterocycles. The molecule has 2 fully saturated rings. The average Bonchev–Trinajstić information content (AvgIpc) is 2.63. The summed E-state index contributed by atoms with van der Waals surface area (Å²) >= 11 is 0. The Morgan fingerprint density at radius 2 is 1.83 bits per heavy atom. The molecule has 23 heavy (non-hydrogen) atoms. The first-order valence-electron chi connectivity index (χ1n) is 8.97. The van der Waals surface area contributed by atoms with Crippen LogP contribution in [0.25, 0.3) is 0 Å². The normalized spacial score (nSPS) is 20.7. The first kappa shape index (κ1) is 16.5. The lowest BCUT2D eigenvalue weighted by atomic mass is 9.97. The number of aliphatic hydroxyl groups excluding tert-OH is 1. The van der Waals surface area contributed by atoms with Gasteiger partial charge in [-0.05, 0) is 68.8 Å². The van der Waals surface area contributed by atoms with E-state index in [1.807, 2.05) is 17.0 Å². The molecule has 2 aliphatic rings. The zero-order valence-corrected chi connectivity index (χ0v) is 13.9. The van der Waals surface area contributed by atoms with E-state index in [4.69, 9.17) is 0 Å². The van der Waals surface area contributed by atoms with Crippen LogP contribution < -0.4 is 0 Å². The summed E-state index contributed by atoms with van der Waals surface area (Å²) in [4.78, 5) is 17.0. The molecule has 3 rings (SSSR count). The highest BCUT2D eigenvalue weighted by Gasteiger charge is 2.20. The van der Waals surface area contributed by atoms with Gasteiger partial charge >= 0.3 is 0 Å². The third-order valence-electron chi connectivity index (χ3n) is 5.19. The summed E-state index contributed by atoms with van der Waals surface area (Å²) in [5, 5.41) is 9.23. The van der Waals surface area contributed by atoms with Gasteiger partial charge in [0.15, 0.2) is 0 Å². The summed E-state index contributed by atoms with van der Waals surface area (Å²) < 4.78 is 0. The Morgan fingerprint density at radius 3 is 2.52 bits per heavy atom. The van der Waals surface area contributed by atoms with E-state index in [1.54, 1.807) is 0 Å². The second kappa shape index (κ2) is 7.93. The summed E-state index contributed by atoms with van der Waals surface area (Å²) in [7, 11) is 0. The van der Waals surface area contributed by atoms with Gasteiger partial charge in [-0.15, -0.1) is 0 Å². The number of aliphatic hydroxyl groups is 1. The van der Waals surface area contributed by atoms with Crippen LogP contribution in [0.4, 0.5) is 0 Å². The second-order valence-corrected chi connectivity index (χ2v) is 6.96. The number of carbonyl (C=O) groups excluding carboxylic acids is 1. The lowest BCUT2D eigenvalue weighted by molar-refractivity contribution is 0.0724. The molecule has 0 atom stereocenters. The van der Waals surface area contributed by atoms with Crippen molar-refractivity contribution in [1.82, 2.24) is 9.80 Å². The number of nitrogens with zero attached hydrogens (tertiary/aromatic N) is 2. The maximum Gasteiger partial charge on any atom is 0.253 e. The molecule has 0 bridgehead atoms. The molecular formula is C19H28N2O2. The number of benzene rings is 1. The molecule has 4 nitrogen and oxygen atoms in total. The van der Waals surface area contributed by atoms with Crippen molar-refractivity contribution in [2.24, 2.45) is 5.92 Å². The minimum Gasteiger partial charge on any atom is -0.396 e. The predicted molar refractivity (Wildman–Crippen MR) is 91.3 cm³/mol. The molecule has 1 N–H and O–H groups in total. The van der Waals surface area contributed by atoms with Gasteiger partial charge in [-0.25, -0.2) is 0 Å². The molecule has 0 aliphatic carbocycles. The number of likely N-dealkylation sites (tertiary alicyclic amines) is 2. The summed E-state index contributed by atoms with van der Waals surface area (Å²) in [6, 6.07) is 8.13. The maximum absolute atomic E-state index is 12.6. The Kier molecular flexibility index (Phi) is 5.68. The van der Waals surface area contributed by atoms with E-state index in [9.17, 15) is 9.90 Å². The van der Waals surface area contributed by atoms with Crippen molar-refractivity contribution in [1.29, 1.82) is 0 Å². The summed E-state index contributed by atoms with van der Waals surface area (Å²) in [6.45, 7) is 5.09. The quantitative estimate of drug-likeness (QED) is 0.928. The molecule has 2 saturated heterocycles. The van der Waals surface area contributed by atoms with Crippen LogP contribution in [0.2, 0.25) is 0 Å². The molecule has 2 heterocycles. The van der Waals surface area contributed by atoms with E-state index < -0.39 is 0 Å². The van der Waals surface area contributed by atoms with E-state index in [-0.39, 0.29) is 5.91 Å². The van der Waals surface area contributed by atoms with Crippen molar-refractivity contribution in [2.75, 3.05) is 32.8 Å². The van der Waals surface area contributed by atoms with Crippen LogP contribution in [-0.2, 0) is 6.54 Å². The first-order chi connectivity index (χ1) is 11.3. The zero-order chi connectivity index (χ0) is 16.1. The molecule has 0 aromatic heterocycles. The molecule has 4 heteroatoms. The van der Waals surface area contributed by atoms with Gasteiger partial charge in [0.1, 0.15) is 0 Å². The smallest absolute Gasteiger partial charge is 0.253 e. The highest BCUT2D eigenvalue weighted by atomic mass is 16.3. The second-order valence-electron chi connectivity index (χ2n) is 6.96. The van der Waals surface area contributed by atoms with E-state index in [2.05, 4.69) is 17.0 Å². The van der Waals surface area contributed by atoms with Gasteiger partial charge in [0.05, 0.1) is 0 Å². The Balaban J connectivity index is 1.60. The highest BCUT2D eigenvalue weighted by molar-refractivity contribution is 5.94. The number of rotatable bonds is 4. The van der Waals surface area contributed by atoms with Crippen molar-refractivity contribution < 1.29 is 9.90 Å². The molecule has 1 aromatic carbocycles. The average molecular weight is 316 g/mol. The van der Waals surface area contributed by atoms with Crippen LogP contribution in [0.15, 0.2) is 24.3 Å². The predicted octanol–water partition coefficient (Wildman–Crippen LogP) is 2.52. The van der Waals surface area contributed by atoms with Crippen molar-refractivity contribution >= 4 is 5.91 Å². The molecule has 0 spiro atoms. The number of hydrogen-bond acceptors (Lipinski definition) is 3. The Hall–Kier alpha value is -1.39. The van der Waals surface area contributed by atoms with Crippen LogP contribution >= 0.6 is 0 Å². The van der Waals surface area contributed by atoms with E-state index in [0.29, 0.717) is 12.5 Å². The van der Waals surface area contributed by atoms with Gasteiger partial charge in [-0.3, -0.25) is 9.69 Å². The van der Waals surface area contributed by atoms with Crippen LogP contribution in [-0.4, -0.2) is 53.6 Å². The Bertz CT molecular complexity index is 518. The molecule has 126 valence electrons. The third kappa shape index (κ3) is 4.33. The van der Waals surface area contributed by atoms with Gasteiger partial charge < -0.3 is 10.0 Å². The van der Waals surface area contributed by atoms with E-state index in [1.165, 1.54) is 12.0 Å². The van der Waals surface area contributed by atoms with Gasteiger partial charge in [0.2, 0.25) is 0 Å². The lowest BCUT2D eigenvalue weighted by Crippen LogP contribution is -2.36. The number of amides is 1. The van der Waals surface area contributed by atoms with Crippen molar-refractivity contribution in [3.8, 4) is 0 Å². The van der Waals surface area contributed by atoms with Crippen LogP contribution in [0.1, 0.15) is 48.0 Å². The molecule has 1 aromatic rings. The fraction of sp³-hybridized carbons (Fsp3) is 0.632. The standard InChI is InChI=1S/C19H28N2O2/c22-15-16-7-11-20(12-8-16)14-17-5-4-6-18(13-17)19(23)21-9-2-1-3-10-21/h4-6,13,16,22H,1-3,7-12,14-15H2. The van der Waals surface area contributed by atoms with Crippen molar-refractivity contribution in [2.45, 2.75) is 38.6 Å². The highest BCUT2D eigenvalue weighted by Crippen LogP contribution is 2.19. The minimum atomic E-state index is 0.186. The monoisotopic (exact) mass is 316 g/mol. The SMILES string of the molecule is O=C(c1cccc(CN2CCC(CO)CC2)c1)N1CCCCC1. The Labute approximate surface area is 139 Å².